The number of nitrogens with zero attached hydrogens (tertiary/aromatic N) is 2. The van der Waals surface area contributed by atoms with Crippen LogP contribution in [0.2, 0.25) is 0 Å². The highest BCUT2D eigenvalue weighted by molar-refractivity contribution is 7.92. The Hall–Kier alpha value is -3.32. The predicted molar refractivity (Wildman–Crippen MR) is 114 cm³/mol. The van der Waals surface area contributed by atoms with E-state index in [4.69, 9.17) is 0 Å². The molecule has 2 N–H and O–H groups in total. The van der Waals surface area contributed by atoms with E-state index in [1.54, 1.807) is 24.4 Å². The smallest absolute Gasteiger partial charge is 0.229 e. The first kappa shape index (κ1) is 18.1. The van der Waals surface area contributed by atoms with Crippen LogP contribution in [0.15, 0.2) is 72.9 Å². The number of anilines is 3. The molecule has 0 fully saturated rings. The molecule has 0 aliphatic carbocycles. The van der Waals surface area contributed by atoms with Gasteiger partial charge < -0.3 is 9.88 Å². The van der Waals surface area contributed by atoms with Gasteiger partial charge in [-0.05, 0) is 35.9 Å². The second kappa shape index (κ2) is 7.01. The normalized spacial score (nSPS) is 11.5. The van der Waals surface area contributed by atoms with E-state index in [2.05, 4.69) is 37.8 Å². The monoisotopic (exact) mass is 392 g/mol. The summed E-state index contributed by atoms with van der Waals surface area (Å²) < 4.78 is 27.6. The van der Waals surface area contributed by atoms with Crippen molar-refractivity contribution in [2.45, 2.75) is 0 Å². The second-order valence-electron chi connectivity index (χ2n) is 6.63. The molecule has 0 bridgehead atoms. The van der Waals surface area contributed by atoms with Crippen molar-refractivity contribution in [3.8, 4) is 11.3 Å². The number of fused-ring (bicyclic) bond motifs is 1. The molecule has 0 atom stereocenters. The predicted octanol–water partition coefficient (Wildman–Crippen LogP) is 4.36. The van der Waals surface area contributed by atoms with Gasteiger partial charge in [0, 0.05) is 30.0 Å². The molecule has 0 aliphatic heterocycles. The van der Waals surface area contributed by atoms with Crippen LogP contribution in [0.5, 0.6) is 0 Å². The number of sulfonamides is 1. The first-order valence-electron chi connectivity index (χ1n) is 8.75. The van der Waals surface area contributed by atoms with Crippen LogP contribution in [-0.4, -0.2) is 24.2 Å². The van der Waals surface area contributed by atoms with E-state index in [0.29, 0.717) is 11.5 Å². The molecule has 7 heteroatoms. The van der Waals surface area contributed by atoms with Gasteiger partial charge in [0.05, 0.1) is 17.5 Å². The van der Waals surface area contributed by atoms with Crippen LogP contribution in [0.1, 0.15) is 0 Å². The van der Waals surface area contributed by atoms with Crippen LogP contribution in [0.3, 0.4) is 0 Å². The van der Waals surface area contributed by atoms with E-state index in [-0.39, 0.29) is 0 Å². The number of hydrogen-bond donors (Lipinski definition) is 2. The lowest BCUT2D eigenvalue weighted by Gasteiger charge is -2.09. The van der Waals surface area contributed by atoms with Crippen LogP contribution in [0, 0.1) is 0 Å². The molecule has 0 amide bonds. The van der Waals surface area contributed by atoms with Gasteiger partial charge in [-0.1, -0.05) is 36.4 Å². The number of nitrogens with one attached hydrogen (secondary N) is 2. The van der Waals surface area contributed by atoms with Crippen molar-refractivity contribution in [3.05, 3.63) is 72.9 Å². The second-order valence-corrected chi connectivity index (χ2v) is 8.38. The number of aromatic nitrogens is 2. The third-order valence-electron chi connectivity index (χ3n) is 4.47. The summed E-state index contributed by atoms with van der Waals surface area (Å²) in [6.45, 7) is 0. The van der Waals surface area contributed by atoms with Crippen LogP contribution >= 0.6 is 0 Å². The fraction of sp³-hybridized carbons (Fsp3) is 0.0952. The van der Waals surface area contributed by atoms with Gasteiger partial charge in [-0.2, -0.15) is 0 Å². The lowest BCUT2D eigenvalue weighted by Crippen LogP contribution is -2.09. The molecule has 4 rings (SSSR count). The summed E-state index contributed by atoms with van der Waals surface area (Å²) in [6, 6.07) is 21.4. The van der Waals surface area contributed by atoms with E-state index in [1.165, 1.54) is 0 Å². The Kier molecular flexibility index (Phi) is 4.52. The molecule has 2 aromatic heterocycles. The van der Waals surface area contributed by atoms with Crippen molar-refractivity contribution in [2.24, 2.45) is 7.05 Å². The maximum Gasteiger partial charge on any atom is 0.229 e. The van der Waals surface area contributed by atoms with Crippen molar-refractivity contribution < 1.29 is 8.42 Å². The average Bonchev–Trinajstić information content (AvgIpc) is 2.99. The van der Waals surface area contributed by atoms with E-state index in [9.17, 15) is 8.42 Å². The molecular weight excluding hydrogens is 372 g/mol. The van der Waals surface area contributed by atoms with Crippen molar-refractivity contribution in [3.63, 3.8) is 0 Å². The van der Waals surface area contributed by atoms with Gasteiger partial charge in [-0.3, -0.25) is 4.72 Å². The molecule has 2 aromatic carbocycles. The molecule has 0 saturated carbocycles. The quantitative estimate of drug-likeness (QED) is 0.529. The van der Waals surface area contributed by atoms with Gasteiger partial charge >= 0.3 is 0 Å². The van der Waals surface area contributed by atoms with Crippen molar-refractivity contribution in [1.29, 1.82) is 0 Å². The van der Waals surface area contributed by atoms with Crippen LogP contribution in [0.4, 0.5) is 17.2 Å². The number of benzene rings is 2. The molecule has 142 valence electrons. The first-order valence-corrected chi connectivity index (χ1v) is 10.6. The average molecular weight is 392 g/mol. The third-order valence-corrected chi connectivity index (χ3v) is 5.08. The van der Waals surface area contributed by atoms with Crippen molar-refractivity contribution in [1.82, 2.24) is 9.55 Å². The molecular formula is C21H20N4O2S. The van der Waals surface area contributed by atoms with Gasteiger partial charge in [-0.25, -0.2) is 13.4 Å². The van der Waals surface area contributed by atoms with E-state index >= 15 is 0 Å². The molecule has 4 aromatic rings. The summed E-state index contributed by atoms with van der Waals surface area (Å²) in [4.78, 5) is 4.49. The summed E-state index contributed by atoms with van der Waals surface area (Å²) in [5, 5.41) is 4.30. The summed E-state index contributed by atoms with van der Waals surface area (Å²) in [7, 11) is -1.30. The Morgan fingerprint density at radius 1 is 0.929 bits per heavy atom. The molecule has 0 aliphatic rings. The maximum absolute atomic E-state index is 11.5. The zero-order valence-corrected chi connectivity index (χ0v) is 16.4. The zero-order valence-electron chi connectivity index (χ0n) is 15.5. The number of aryl methyl sites for hydroxylation is 1. The minimum Gasteiger partial charge on any atom is -0.343 e. The van der Waals surface area contributed by atoms with Crippen LogP contribution < -0.4 is 10.0 Å². The van der Waals surface area contributed by atoms with Crippen LogP contribution in [-0.2, 0) is 17.1 Å². The standard InChI is InChI=1S/C21H20N4O2S/c1-25-19-11-12-22-21(18(19)14-20(25)15-7-4-3-5-8-15)23-16-9-6-10-17(13-16)24-28(2,26)27/h3-14,24H,1-2H3,(H,22,23). The molecule has 0 radical (unpaired) electrons. The zero-order chi connectivity index (χ0) is 19.7. The summed E-state index contributed by atoms with van der Waals surface area (Å²) >= 11 is 0. The van der Waals surface area contributed by atoms with Crippen molar-refractivity contribution in [2.75, 3.05) is 16.3 Å². The minimum absolute atomic E-state index is 0.498. The number of rotatable bonds is 5. The molecule has 6 nitrogen and oxygen atoms in total. The maximum atomic E-state index is 11.5. The largest absolute Gasteiger partial charge is 0.343 e. The Labute approximate surface area is 163 Å². The lowest BCUT2D eigenvalue weighted by atomic mass is 10.1. The van der Waals surface area contributed by atoms with E-state index in [0.717, 1.165) is 34.1 Å². The van der Waals surface area contributed by atoms with Gasteiger partial charge in [0.1, 0.15) is 5.82 Å². The van der Waals surface area contributed by atoms with Gasteiger partial charge in [0.2, 0.25) is 10.0 Å². The van der Waals surface area contributed by atoms with Gasteiger partial charge in [-0.15, -0.1) is 0 Å². The first-order chi connectivity index (χ1) is 13.4. The Morgan fingerprint density at radius 2 is 1.68 bits per heavy atom. The molecule has 28 heavy (non-hydrogen) atoms. The number of hydrogen-bond acceptors (Lipinski definition) is 4. The Balaban J connectivity index is 1.73. The Bertz CT molecular complexity index is 1250. The van der Waals surface area contributed by atoms with Crippen molar-refractivity contribution >= 4 is 38.1 Å². The highest BCUT2D eigenvalue weighted by Gasteiger charge is 2.12. The molecule has 0 unspecified atom stereocenters. The van der Waals surface area contributed by atoms with Crippen LogP contribution in [0.25, 0.3) is 22.2 Å². The molecule has 2 heterocycles. The summed E-state index contributed by atoms with van der Waals surface area (Å²) in [5.74, 6) is 0.715. The minimum atomic E-state index is -3.33. The Morgan fingerprint density at radius 3 is 2.43 bits per heavy atom. The summed E-state index contributed by atoms with van der Waals surface area (Å²) in [5.41, 5.74) is 4.53. The summed E-state index contributed by atoms with van der Waals surface area (Å²) in [6.07, 6.45) is 2.89. The topological polar surface area (TPSA) is 76.0 Å². The highest BCUT2D eigenvalue weighted by Crippen LogP contribution is 2.32. The van der Waals surface area contributed by atoms with E-state index < -0.39 is 10.0 Å². The third kappa shape index (κ3) is 3.70. The fourth-order valence-corrected chi connectivity index (χ4v) is 3.81. The van der Waals surface area contributed by atoms with Gasteiger partial charge in [0.15, 0.2) is 0 Å². The SMILES string of the molecule is Cn1c(-c2ccccc2)cc2c(Nc3cccc(NS(C)(=O)=O)c3)nccc21. The number of pyridine rings is 1. The molecule has 0 saturated heterocycles. The van der Waals surface area contributed by atoms with Gasteiger partial charge in [0.25, 0.3) is 0 Å². The highest BCUT2D eigenvalue weighted by atomic mass is 32.2. The fourth-order valence-electron chi connectivity index (χ4n) is 3.26. The lowest BCUT2D eigenvalue weighted by molar-refractivity contribution is 0.607. The molecule has 0 spiro atoms. The van der Waals surface area contributed by atoms with E-state index in [1.807, 2.05) is 37.4 Å².